The van der Waals surface area contributed by atoms with Crippen LogP contribution in [0.25, 0.3) is 0 Å². The third-order valence-corrected chi connectivity index (χ3v) is 1.88. The van der Waals surface area contributed by atoms with Gasteiger partial charge in [-0.15, -0.1) is 0 Å². The highest BCUT2D eigenvalue weighted by Crippen LogP contribution is 2.27. The lowest BCUT2D eigenvalue weighted by Crippen LogP contribution is -2.03. The Kier molecular flexibility index (Phi) is 3.20. The van der Waals surface area contributed by atoms with Gasteiger partial charge in [-0.05, 0) is 37.1 Å². The van der Waals surface area contributed by atoms with E-state index in [1.807, 2.05) is 26.0 Å². The van der Waals surface area contributed by atoms with Gasteiger partial charge in [0.1, 0.15) is 11.5 Å². The Hall–Kier alpha value is -1.16. The number of benzene rings is 1. The van der Waals surface area contributed by atoms with E-state index in [9.17, 15) is 0 Å². The summed E-state index contributed by atoms with van der Waals surface area (Å²) in [6, 6.07) is 3.75. The van der Waals surface area contributed by atoms with Crippen molar-refractivity contribution in [2.24, 2.45) is 0 Å². The van der Waals surface area contributed by atoms with Gasteiger partial charge in [0.15, 0.2) is 0 Å². The highest BCUT2D eigenvalue weighted by Gasteiger charge is 2.05. The highest BCUT2D eigenvalue weighted by atomic mass is 16.5. The highest BCUT2D eigenvalue weighted by molar-refractivity contribution is 6.17. The lowest BCUT2D eigenvalue weighted by atomic mass is 10.1. The van der Waals surface area contributed by atoms with Crippen LogP contribution in [0.15, 0.2) is 12.1 Å². The van der Waals surface area contributed by atoms with Crippen LogP contribution in [0.2, 0.25) is 0 Å². The fourth-order valence-electron chi connectivity index (χ4n) is 1.32. The van der Waals surface area contributed by atoms with Gasteiger partial charge < -0.3 is 14.4 Å². The molecule has 1 N–H and O–H groups in total. The molecule has 0 amide bonds. The lowest BCUT2D eigenvalue weighted by Gasteiger charge is -2.11. The van der Waals surface area contributed by atoms with E-state index < -0.39 is 0 Å². The van der Waals surface area contributed by atoms with Crippen LogP contribution in [0, 0.1) is 13.8 Å². The van der Waals surface area contributed by atoms with Crippen molar-refractivity contribution < 1.29 is 14.4 Å². The zero-order chi connectivity index (χ0) is 9.84. The van der Waals surface area contributed by atoms with Crippen LogP contribution in [-0.2, 0) is 0 Å². The molecule has 0 atom stereocenters. The van der Waals surface area contributed by atoms with Gasteiger partial charge in [0.2, 0.25) is 0 Å². The van der Waals surface area contributed by atoms with E-state index in [1.165, 1.54) is 0 Å². The van der Waals surface area contributed by atoms with Crippen molar-refractivity contribution in [3.05, 3.63) is 23.3 Å². The van der Waals surface area contributed by atoms with Gasteiger partial charge in [-0.3, -0.25) is 0 Å². The molecule has 0 spiro atoms. The molecule has 3 nitrogen and oxygen atoms in total. The molecule has 0 saturated heterocycles. The van der Waals surface area contributed by atoms with Gasteiger partial charge in [0.25, 0.3) is 0 Å². The minimum atomic E-state index is -0.298. The van der Waals surface area contributed by atoms with Crippen molar-refractivity contribution in [1.29, 1.82) is 0 Å². The summed E-state index contributed by atoms with van der Waals surface area (Å²) in [5, 5.41) is 8.64. The maximum Gasteiger partial charge on any atom is 0.504 e. The number of methoxy groups -OCH3 is 1. The monoisotopic (exact) mass is 180 g/mol. The number of aryl methyl sites for hydroxylation is 2. The van der Waals surface area contributed by atoms with Crippen LogP contribution in [0.4, 0.5) is 0 Å². The number of hydrogen-bond acceptors (Lipinski definition) is 3. The Morgan fingerprint density at radius 1 is 1.23 bits per heavy atom. The molecule has 1 aromatic rings. The molecule has 0 aliphatic rings. The fourth-order valence-corrected chi connectivity index (χ4v) is 1.32. The summed E-state index contributed by atoms with van der Waals surface area (Å²) in [6.45, 7) is 3.83. The summed E-state index contributed by atoms with van der Waals surface area (Å²) in [5.41, 5.74) is 1.93. The Morgan fingerprint density at radius 3 is 2.15 bits per heavy atom. The predicted molar refractivity (Wildman–Crippen MR) is 52.5 cm³/mol. The zero-order valence-corrected chi connectivity index (χ0v) is 8.13. The minimum Gasteiger partial charge on any atom is -0.538 e. The van der Waals surface area contributed by atoms with Crippen molar-refractivity contribution in [1.82, 2.24) is 0 Å². The molecule has 0 fully saturated rings. The first-order chi connectivity index (χ1) is 6.19. The van der Waals surface area contributed by atoms with Gasteiger partial charge in [-0.25, -0.2) is 0 Å². The van der Waals surface area contributed by atoms with Gasteiger partial charge in [0.05, 0.1) is 7.11 Å². The van der Waals surface area contributed by atoms with Crippen molar-refractivity contribution in [3.63, 3.8) is 0 Å². The van der Waals surface area contributed by atoms with E-state index in [0.717, 1.165) is 22.6 Å². The summed E-state index contributed by atoms with van der Waals surface area (Å²) in [5.74, 6) is 1.53. The summed E-state index contributed by atoms with van der Waals surface area (Å²) in [7, 11) is 1.33. The van der Waals surface area contributed by atoms with Crippen LogP contribution in [-0.4, -0.2) is 19.8 Å². The molecule has 0 aromatic heterocycles. The first-order valence-corrected chi connectivity index (χ1v) is 4.08. The molecule has 1 aromatic carbocycles. The summed E-state index contributed by atoms with van der Waals surface area (Å²) >= 11 is 0. The van der Waals surface area contributed by atoms with Crippen LogP contribution < -0.4 is 9.39 Å². The number of rotatable bonds is 3. The Bertz CT molecular complexity index is 276. The van der Waals surface area contributed by atoms with Crippen molar-refractivity contribution in [3.8, 4) is 11.5 Å². The average Bonchev–Trinajstić information content (AvgIpc) is 2.11. The third kappa shape index (κ3) is 2.15. The van der Waals surface area contributed by atoms with E-state index in [0.29, 0.717) is 0 Å². The van der Waals surface area contributed by atoms with Crippen molar-refractivity contribution >= 4 is 7.69 Å². The molecule has 0 aliphatic carbocycles. The smallest absolute Gasteiger partial charge is 0.504 e. The number of ether oxygens (including phenoxy) is 1. The van der Waals surface area contributed by atoms with E-state index in [1.54, 1.807) is 7.11 Å². The molecular weight excluding hydrogens is 167 g/mol. The normalized spacial score (nSPS) is 9.54. The van der Waals surface area contributed by atoms with E-state index in [2.05, 4.69) is 0 Å². The van der Waals surface area contributed by atoms with Crippen LogP contribution in [0.3, 0.4) is 0 Å². The zero-order valence-electron chi connectivity index (χ0n) is 8.13. The first kappa shape index (κ1) is 9.93. The second-order valence-corrected chi connectivity index (χ2v) is 2.86. The maximum atomic E-state index is 8.64. The molecule has 0 saturated carbocycles. The molecule has 70 valence electrons. The quantitative estimate of drug-likeness (QED) is 0.703. The molecule has 0 radical (unpaired) electrons. The van der Waals surface area contributed by atoms with E-state index in [-0.39, 0.29) is 7.69 Å². The third-order valence-electron chi connectivity index (χ3n) is 1.88. The molecule has 1 rings (SSSR count). The second-order valence-electron chi connectivity index (χ2n) is 2.86. The summed E-state index contributed by atoms with van der Waals surface area (Å²) in [6.07, 6.45) is 0. The van der Waals surface area contributed by atoms with Crippen LogP contribution in [0.1, 0.15) is 11.1 Å². The summed E-state index contributed by atoms with van der Waals surface area (Å²) < 4.78 is 10.2. The first-order valence-electron chi connectivity index (χ1n) is 4.08. The van der Waals surface area contributed by atoms with Crippen LogP contribution >= 0.6 is 0 Å². The molecular formula is C9H13BO3. The Labute approximate surface area is 78.6 Å². The maximum absolute atomic E-state index is 8.64. The second kappa shape index (κ2) is 4.19. The molecule has 0 aliphatic heterocycles. The lowest BCUT2D eigenvalue weighted by molar-refractivity contribution is 0.411. The van der Waals surface area contributed by atoms with Crippen LogP contribution in [0.5, 0.6) is 11.5 Å². The van der Waals surface area contributed by atoms with E-state index >= 15 is 0 Å². The van der Waals surface area contributed by atoms with Gasteiger partial charge in [-0.1, -0.05) is 0 Å². The minimum absolute atomic E-state index is 0.298. The molecule has 0 unspecified atom stereocenters. The van der Waals surface area contributed by atoms with Crippen molar-refractivity contribution in [2.45, 2.75) is 13.8 Å². The van der Waals surface area contributed by atoms with Crippen molar-refractivity contribution in [2.75, 3.05) is 7.11 Å². The van der Waals surface area contributed by atoms with Gasteiger partial charge in [0, 0.05) is 0 Å². The Balaban J connectivity index is 3.07. The predicted octanol–water partition coefficient (Wildman–Crippen LogP) is 0.950. The van der Waals surface area contributed by atoms with Gasteiger partial charge >= 0.3 is 7.69 Å². The largest absolute Gasteiger partial charge is 0.538 e. The fraction of sp³-hybridized carbons (Fsp3) is 0.333. The molecule has 0 heterocycles. The molecule has 4 heteroatoms. The molecule has 0 bridgehead atoms. The summed E-state index contributed by atoms with van der Waals surface area (Å²) in [4.78, 5) is 0. The SMILES string of the molecule is COc1cc(C)c(OBO)c(C)c1. The average molecular weight is 180 g/mol. The van der Waals surface area contributed by atoms with E-state index in [4.69, 9.17) is 14.4 Å². The number of hydrogen-bond donors (Lipinski definition) is 1. The molecule has 13 heavy (non-hydrogen) atoms. The standard InChI is InChI=1S/C9H13BO3/c1-6-4-8(12-3)5-7(2)9(6)13-10-11/h4-5,10-11H,1-3H3. The van der Waals surface area contributed by atoms with Gasteiger partial charge in [-0.2, -0.15) is 0 Å². The Morgan fingerprint density at radius 2 is 1.77 bits per heavy atom. The topological polar surface area (TPSA) is 38.7 Å².